The van der Waals surface area contributed by atoms with E-state index in [1.165, 1.54) is 23.4 Å². The van der Waals surface area contributed by atoms with E-state index in [1.807, 2.05) is 18.2 Å². The van der Waals surface area contributed by atoms with Crippen LogP contribution in [0.25, 0.3) is 0 Å². The molecule has 3 heterocycles. The van der Waals surface area contributed by atoms with Crippen LogP contribution in [0.5, 0.6) is 0 Å². The van der Waals surface area contributed by atoms with E-state index in [0.717, 1.165) is 18.7 Å². The van der Waals surface area contributed by atoms with Gasteiger partial charge in [0.1, 0.15) is 5.82 Å². The summed E-state index contributed by atoms with van der Waals surface area (Å²) in [5.41, 5.74) is 3.15. The minimum Gasteiger partial charge on any atom is -0.364 e. The van der Waals surface area contributed by atoms with E-state index in [9.17, 15) is 9.18 Å². The van der Waals surface area contributed by atoms with Crippen LogP contribution in [0.1, 0.15) is 11.1 Å². The highest BCUT2D eigenvalue weighted by Gasteiger charge is 2.41. The fraction of sp³-hybridized carbons (Fsp3) is 0.292. The van der Waals surface area contributed by atoms with Crippen LogP contribution in [0.4, 0.5) is 16.0 Å². The summed E-state index contributed by atoms with van der Waals surface area (Å²) in [5, 5.41) is 3.03. The molecule has 2 aromatic carbocycles. The normalized spacial score (nSPS) is 20.0. The smallest absolute Gasteiger partial charge is 0.225 e. The number of nitrogens with zero attached hydrogens (tertiary/aromatic N) is 4. The molecule has 5 rings (SSSR count). The van der Waals surface area contributed by atoms with Crippen LogP contribution < -0.4 is 15.1 Å². The first-order valence-corrected chi connectivity index (χ1v) is 10.6. The number of anilines is 2. The Kier molecular flexibility index (Phi) is 5.24. The highest BCUT2D eigenvalue weighted by Crippen LogP contribution is 2.36. The first kappa shape index (κ1) is 19.5. The molecule has 1 amide bonds. The largest absolute Gasteiger partial charge is 0.364 e. The lowest BCUT2D eigenvalue weighted by Gasteiger charge is -2.49. The third-order valence-corrected chi connectivity index (χ3v) is 6.15. The van der Waals surface area contributed by atoms with E-state index >= 15 is 0 Å². The van der Waals surface area contributed by atoms with Gasteiger partial charge in [-0.1, -0.05) is 30.3 Å². The van der Waals surface area contributed by atoms with Crippen molar-refractivity contribution < 1.29 is 9.18 Å². The van der Waals surface area contributed by atoms with Gasteiger partial charge in [0.25, 0.3) is 0 Å². The third-order valence-electron chi connectivity index (χ3n) is 6.15. The van der Waals surface area contributed by atoms with Crippen molar-refractivity contribution >= 4 is 17.5 Å². The number of aromatic nitrogens is 2. The van der Waals surface area contributed by atoms with Gasteiger partial charge in [-0.25, -0.2) is 14.4 Å². The molecule has 1 aromatic heterocycles. The summed E-state index contributed by atoms with van der Waals surface area (Å²) in [7, 11) is 0. The molecule has 1 fully saturated rings. The molecular weight excluding hydrogens is 393 g/mol. The number of rotatable bonds is 4. The van der Waals surface area contributed by atoms with Gasteiger partial charge in [0, 0.05) is 44.3 Å². The minimum absolute atomic E-state index is 0.00963. The second-order valence-corrected chi connectivity index (χ2v) is 8.04. The molecule has 2 aliphatic heterocycles. The van der Waals surface area contributed by atoms with Gasteiger partial charge < -0.3 is 15.1 Å². The Balaban J connectivity index is 1.39. The Morgan fingerprint density at radius 1 is 1.06 bits per heavy atom. The lowest BCUT2D eigenvalue weighted by Crippen LogP contribution is -2.61. The second-order valence-electron chi connectivity index (χ2n) is 8.04. The van der Waals surface area contributed by atoms with E-state index in [2.05, 4.69) is 37.2 Å². The van der Waals surface area contributed by atoms with Gasteiger partial charge in [-0.3, -0.25) is 4.79 Å². The topological polar surface area (TPSA) is 61.4 Å². The van der Waals surface area contributed by atoms with Crippen molar-refractivity contribution in [2.75, 3.05) is 29.4 Å². The van der Waals surface area contributed by atoms with Crippen LogP contribution in [0.3, 0.4) is 0 Å². The van der Waals surface area contributed by atoms with Gasteiger partial charge in [0.2, 0.25) is 11.9 Å². The fourth-order valence-electron chi connectivity index (χ4n) is 4.66. The molecule has 158 valence electrons. The Morgan fingerprint density at radius 3 is 2.74 bits per heavy atom. The van der Waals surface area contributed by atoms with E-state index in [4.69, 9.17) is 0 Å². The van der Waals surface area contributed by atoms with Crippen LogP contribution >= 0.6 is 0 Å². The number of benzene rings is 2. The van der Waals surface area contributed by atoms with Gasteiger partial charge in [0.15, 0.2) is 0 Å². The molecule has 0 bridgehead atoms. The molecule has 6 nitrogen and oxygen atoms in total. The summed E-state index contributed by atoms with van der Waals surface area (Å²) >= 11 is 0. The van der Waals surface area contributed by atoms with Crippen molar-refractivity contribution in [2.24, 2.45) is 5.92 Å². The van der Waals surface area contributed by atoms with E-state index in [1.54, 1.807) is 24.5 Å². The van der Waals surface area contributed by atoms with Crippen LogP contribution in [-0.2, 0) is 17.8 Å². The molecule has 1 N–H and O–H groups in total. The van der Waals surface area contributed by atoms with E-state index in [-0.39, 0.29) is 23.7 Å². The lowest BCUT2D eigenvalue weighted by atomic mass is 9.83. The van der Waals surface area contributed by atoms with Gasteiger partial charge in [-0.2, -0.15) is 0 Å². The molecule has 0 unspecified atom stereocenters. The molecule has 2 aliphatic rings. The van der Waals surface area contributed by atoms with Gasteiger partial charge in [-0.05, 0) is 41.8 Å². The monoisotopic (exact) mass is 417 g/mol. The number of carbonyl (C=O) groups excluding carboxylic acids is 1. The highest BCUT2D eigenvalue weighted by molar-refractivity contribution is 5.82. The summed E-state index contributed by atoms with van der Waals surface area (Å²) in [5.74, 6) is 0.176. The van der Waals surface area contributed by atoms with Crippen LogP contribution in [-0.4, -0.2) is 41.6 Å². The van der Waals surface area contributed by atoms with E-state index in [0.29, 0.717) is 25.5 Å². The summed E-state index contributed by atoms with van der Waals surface area (Å²) in [6, 6.07) is 16.5. The highest BCUT2D eigenvalue weighted by atomic mass is 19.1. The predicted molar refractivity (Wildman–Crippen MR) is 117 cm³/mol. The van der Waals surface area contributed by atoms with Gasteiger partial charge in [-0.15, -0.1) is 0 Å². The average Bonchev–Trinajstić information content (AvgIpc) is 2.82. The molecular formula is C24H24FN5O. The second kappa shape index (κ2) is 8.34. The Hall–Kier alpha value is -3.48. The van der Waals surface area contributed by atoms with Crippen molar-refractivity contribution in [2.45, 2.75) is 19.0 Å². The van der Waals surface area contributed by atoms with Crippen molar-refractivity contribution in [1.29, 1.82) is 0 Å². The van der Waals surface area contributed by atoms with Crippen molar-refractivity contribution in [3.8, 4) is 0 Å². The molecule has 31 heavy (non-hydrogen) atoms. The Morgan fingerprint density at radius 2 is 1.90 bits per heavy atom. The first-order valence-electron chi connectivity index (χ1n) is 10.6. The van der Waals surface area contributed by atoms with Crippen LogP contribution in [0, 0.1) is 11.7 Å². The maximum Gasteiger partial charge on any atom is 0.225 e. The quantitative estimate of drug-likeness (QED) is 0.707. The molecule has 0 aliphatic carbocycles. The summed E-state index contributed by atoms with van der Waals surface area (Å²) < 4.78 is 13.5. The maximum absolute atomic E-state index is 13.5. The van der Waals surface area contributed by atoms with Crippen molar-refractivity contribution in [3.63, 3.8) is 0 Å². The number of para-hydroxylation sites is 1. The molecule has 0 spiro atoms. The number of nitrogens with one attached hydrogen (secondary N) is 1. The van der Waals surface area contributed by atoms with Crippen molar-refractivity contribution in [3.05, 3.63) is 83.9 Å². The average molecular weight is 417 g/mol. The number of piperazine rings is 1. The number of hydrogen-bond donors (Lipinski definition) is 1. The molecule has 3 aromatic rings. The minimum atomic E-state index is -0.296. The molecule has 2 atom stereocenters. The molecule has 1 saturated heterocycles. The predicted octanol–water partition coefficient (Wildman–Crippen LogP) is 2.80. The number of fused-ring (bicyclic) bond motifs is 3. The Bertz CT molecular complexity index is 1080. The number of amides is 1. The number of carbonyl (C=O) groups is 1. The number of hydrogen-bond acceptors (Lipinski definition) is 5. The molecule has 7 heteroatoms. The molecule has 0 radical (unpaired) electrons. The first-order chi connectivity index (χ1) is 15.2. The van der Waals surface area contributed by atoms with Gasteiger partial charge >= 0.3 is 0 Å². The van der Waals surface area contributed by atoms with E-state index < -0.39 is 0 Å². The standard InChI is InChI=1S/C24H24FN5O/c25-19-7-3-5-17(13-19)15-28-23(31)20-14-18-6-1-2-8-21(18)30-12-11-29(16-22(20)30)24-26-9-4-10-27-24/h1-10,13,20,22H,11-12,14-16H2,(H,28,31)/t20-,22-/m0/s1. The zero-order chi connectivity index (χ0) is 21.2. The Labute approximate surface area is 180 Å². The van der Waals surface area contributed by atoms with Gasteiger partial charge in [0.05, 0.1) is 12.0 Å². The SMILES string of the molecule is O=C(NCc1cccc(F)c1)[C@H]1Cc2ccccc2N2CCN(c3ncccn3)C[C@@H]12. The zero-order valence-electron chi connectivity index (χ0n) is 17.1. The molecule has 0 saturated carbocycles. The number of halogens is 1. The zero-order valence-corrected chi connectivity index (χ0v) is 17.1. The van der Waals surface area contributed by atoms with Crippen molar-refractivity contribution in [1.82, 2.24) is 15.3 Å². The van der Waals surface area contributed by atoms with Crippen LogP contribution in [0.15, 0.2) is 67.0 Å². The van der Waals surface area contributed by atoms with Crippen LogP contribution in [0.2, 0.25) is 0 Å². The summed E-state index contributed by atoms with van der Waals surface area (Å²) in [6.07, 6.45) is 4.16. The lowest BCUT2D eigenvalue weighted by molar-refractivity contribution is -0.126. The third kappa shape index (κ3) is 3.95. The fourth-order valence-corrected chi connectivity index (χ4v) is 4.66. The summed E-state index contributed by atoms with van der Waals surface area (Å²) in [6.45, 7) is 2.59. The maximum atomic E-state index is 13.5. The summed E-state index contributed by atoms with van der Waals surface area (Å²) in [4.78, 5) is 26.6.